The second-order valence-corrected chi connectivity index (χ2v) is 10.0. The molecule has 0 saturated carbocycles. The average molecular weight is 485 g/mol. The van der Waals surface area contributed by atoms with Crippen LogP contribution in [-0.2, 0) is 20.9 Å². The summed E-state index contributed by atoms with van der Waals surface area (Å²) in [5.41, 5.74) is 0.0693. The number of hydrogen-bond donors (Lipinski definition) is 5. The zero-order valence-electron chi connectivity index (χ0n) is 21.0. The number of hydrogen-bond acceptors (Lipinski definition) is 6. The predicted molar refractivity (Wildman–Crippen MR) is 135 cm³/mol. The van der Waals surface area contributed by atoms with Gasteiger partial charge in [0.2, 0.25) is 11.8 Å². The van der Waals surface area contributed by atoms with Gasteiger partial charge in [0.1, 0.15) is 11.6 Å². The highest BCUT2D eigenvalue weighted by Gasteiger charge is 2.30. The van der Waals surface area contributed by atoms with Crippen molar-refractivity contribution in [3.8, 4) is 0 Å². The molecule has 3 amide bonds. The van der Waals surface area contributed by atoms with Crippen LogP contribution in [0.3, 0.4) is 0 Å². The maximum absolute atomic E-state index is 13.0. The number of rotatable bonds is 10. The molecule has 190 valence electrons. The molecule has 9 nitrogen and oxygen atoms in total. The maximum atomic E-state index is 13.0. The van der Waals surface area contributed by atoms with Crippen molar-refractivity contribution < 1.29 is 29.2 Å². The first-order valence-electron chi connectivity index (χ1n) is 11.7. The molecule has 0 aliphatic rings. The van der Waals surface area contributed by atoms with E-state index in [0.717, 1.165) is 16.3 Å². The fourth-order valence-electron chi connectivity index (χ4n) is 3.53. The highest BCUT2D eigenvalue weighted by atomic mass is 16.6. The van der Waals surface area contributed by atoms with E-state index in [9.17, 15) is 24.4 Å². The minimum absolute atomic E-state index is 0.100. The van der Waals surface area contributed by atoms with Gasteiger partial charge in [-0.1, -0.05) is 50.2 Å². The maximum Gasteiger partial charge on any atom is 0.475 e. The van der Waals surface area contributed by atoms with E-state index >= 15 is 0 Å². The van der Waals surface area contributed by atoms with Gasteiger partial charge in [-0.05, 0) is 55.5 Å². The Kier molecular flexibility index (Phi) is 10.1. The van der Waals surface area contributed by atoms with Crippen molar-refractivity contribution in [1.82, 2.24) is 16.0 Å². The van der Waals surface area contributed by atoms with Crippen LogP contribution in [0.5, 0.6) is 0 Å². The summed E-state index contributed by atoms with van der Waals surface area (Å²) in [6, 6.07) is 12.4. The minimum Gasteiger partial charge on any atom is -0.444 e. The molecule has 0 unspecified atom stereocenters. The molecular formula is C25H36BN3O6. The summed E-state index contributed by atoms with van der Waals surface area (Å²) in [5, 5.41) is 29.0. The summed E-state index contributed by atoms with van der Waals surface area (Å²) < 4.78 is 5.24. The Balaban J connectivity index is 2.09. The molecule has 2 aromatic carbocycles. The Labute approximate surface area is 206 Å². The fourth-order valence-corrected chi connectivity index (χ4v) is 3.53. The number of nitrogens with one attached hydrogen (secondary N) is 3. The average Bonchev–Trinajstić information content (AvgIpc) is 2.74. The molecule has 0 bridgehead atoms. The molecule has 0 aliphatic carbocycles. The van der Waals surface area contributed by atoms with Crippen LogP contribution in [0.2, 0.25) is 0 Å². The Morgan fingerprint density at radius 3 is 2.26 bits per heavy atom. The Morgan fingerprint density at radius 1 is 1.00 bits per heavy atom. The zero-order chi connectivity index (χ0) is 26.2. The molecule has 2 aromatic rings. The van der Waals surface area contributed by atoms with E-state index in [0.29, 0.717) is 6.42 Å². The first-order valence-corrected chi connectivity index (χ1v) is 11.7. The number of fused-ring (bicyclic) bond motifs is 1. The Bertz CT molecular complexity index is 1020. The monoisotopic (exact) mass is 485 g/mol. The van der Waals surface area contributed by atoms with E-state index in [1.165, 1.54) is 0 Å². The van der Waals surface area contributed by atoms with Crippen LogP contribution in [-0.4, -0.2) is 52.7 Å². The molecular weight excluding hydrogens is 449 g/mol. The lowest BCUT2D eigenvalue weighted by Crippen LogP contribution is -2.52. The number of ether oxygens (including phenoxy) is 1. The standard InChI is InChI=1S/C25H36BN3O6/c1-16(2)12-21(26(33)34)29-22(30)14-20(28-24(32)35-25(3,4)5)23(31)27-15-17-10-11-18-8-6-7-9-19(18)13-17/h6-11,13,16,20-21,33-34H,12,14-15H2,1-5H3,(H,27,31)(H,28,32)(H,29,30)/t20-,21-/m0/s1. The Hall–Kier alpha value is -3.11. The Morgan fingerprint density at radius 2 is 1.66 bits per heavy atom. The molecule has 0 saturated heterocycles. The zero-order valence-corrected chi connectivity index (χ0v) is 21.0. The molecule has 2 atom stereocenters. The quantitative estimate of drug-likeness (QED) is 0.328. The minimum atomic E-state index is -1.75. The molecule has 0 spiro atoms. The van der Waals surface area contributed by atoms with Crippen LogP contribution in [0.4, 0.5) is 4.79 Å². The highest BCUT2D eigenvalue weighted by Crippen LogP contribution is 2.15. The van der Waals surface area contributed by atoms with Crippen molar-refractivity contribution in [2.24, 2.45) is 5.92 Å². The van der Waals surface area contributed by atoms with Crippen LogP contribution in [0, 0.1) is 5.92 Å². The smallest absolute Gasteiger partial charge is 0.444 e. The van der Waals surface area contributed by atoms with Crippen molar-refractivity contribution >= 4 is 35.8 Å². The summed E-state index contributed by atoms with van der Waals surface area (Å²) in [5.74, 6) is -1.97. The van der Waals surface area contributed by atoms with Crippen LogP contribution in [0.15, 0.2) is 42.5 Å². The summed E-state index contributed by atoms with van der Waals surface area (Å²) in [7, 11) is -1.75. The lowest BCUT2D eigenvalue weighted by molar-refractivity contribution is -0.128. The van der Waals surface area contributed by atoms with Gasteiger partial charge in [-0.2, -0.15) is 0 Å². The van der Waals surface area contributed by atoms with Crippen molar-refractivity contribution in [3.05, 3.63) is 48.0 Å². The number of alkyl carbamates (subject to hydrolysis) is 1. The molecule has 2 rings (SSSR count). The van der Waals surface area contributed by atoms with Gasteiger partial charge in [-0.25, -0.2) is 4.79 Å². The summed E-state index contributed by atoms with van der Waals surface area (Å²) in [4.78, 5) is 37.9. The predicted octanol–water partition coefficient (Wildman–Crippen LogP) is 2.28. The van der Waals surface area contributed by atoms with E-state index in [1.807, 2.05) is 56.3 Å². The van der Waals surface area contributed by atoms with Crippen molar-refractivity contribution in [3.63, 3.8) is 0 Å². The van der Waals surface area contributed by atoms with Crippen LogP contribution in [0.25, 0.3) is 10.8 Å². The van der Waals surface area contributed by atoms with Gasteiger partial charge in [-0.15, -0.1) is 0 Å². The molecule has 10 heteroatoms. The molecule has 0 fully saturated rings. The highest BCUT2D eigenvalue weighted by molar-refractivity contribution is 6.43. The van der Waals surface area contributed by atoms with E-state index in [2.05, 4.69) is 16.0 Å². The summed E-state index contributed by atoms with van der Waals surface area (Å²) in [6.45, 7) is 9.03. The molecule has 0 heterocycles. The summed E-state index contributed by atoms with van der Waals surface area (Å²) >= 11 is 0. The van der Waals surface area contributed by atoms with Gasteiger partial charge in [0.05, 0.1) is 12.4 Å². The third-order valence-corrected chi connectivity index (χ3v) is 5.11. The first kappa shape index (κ1) is 28.1. The van der Waals surface area contributed by atoms with E-state index < -0.39 is 49.0 Å². The molecule has 0 aromatic heterocycles. The van der Waals surface area contributed by atoms with E-state index in [-0.39, 0.29) is 12.5 Å². The molecule has 0 radical (unpaired) electrons. The normalized spacial score (nSPS) is 13.1. The lowest BCUT2D eigenvalue weighted by Gasteiger charge is -2.24. The van der Waals surface area contributed by atoms with E-state index in [4.69, 9.17) is 4.74 Å². The van der Waals surface area contributed by atoms with Crippen LogP contribution in [0.1, 0.15) is 53.0 Å². The van der Waals surface area contributed by atoms with Crippen LogP contribution >= 0.6 is 0 Å². The summed E-state index contributed by atoms with van der Waals surface area (Å²) in [6.07, 6.45) is -0.900. The second-order valence-electron chi connectivity index (χ2n) is 10.0. The van der Waals surface area contributed by atoms with Gasteiger partial charge in [0.15, 0.2) is 0 Å². The van der Waals surface area contributed by atoms with Crippen molar-refractivity contribution in [2.75, 3.05) is 0 Å². The van der Waals surface area contributed by atoms with Gasteiger partial charge in [-0.3, -0.25) is 9.59 Å². The third kappa shape index (κ3) is 9.96. The second kappa shape index (κ2) is 12.6. The van der Waals surface area contributed by atoms with E-state index in [1.54, 1.807) is 20.8 Å². The van der Waals surface area contributed by atoms with Gasteiger partial charge in [0, 0.05) is 6.54 Å². The topological polar surface area (TPSA) is 137 Å². The fraction of sp³-hybridized carbons (Fsp3) is 0.480. The third-order valence-electron chi connectivity index (χ3n) is 5.11. The van der Waals surface area contributed by atoms with Crippen molar-refractivity contribution in [2.45, 2.75) is 71.6 Å². The molecule has 5 N–H and O–H groups in total. The van der Waals surface area contributed by atoms with Gasteiger partial charge in [0.25, 0.3) is 0 Å². The lowest BCUT2D eigenvalue weighted by atomic mass is 9.75. The van der Waals surface area contributed by atoms with Gasteiger partial charge >= 0.3 is 13.2 Å². The number of amides is 3. The number of benzene rings is 2. The SMILES string of the molecule is CC(C)C[C@H](NC(=O)C[C@H](NC(=O)OC(C)(C)C)C(=O)NCc1ccc2ccccc2c1)B(O)O. The van der Waals surface area contributed by atoms with Gasteiger partial charge < -0.3 is 30.7 Å². The number of carbonyl (C=O) groups excluding carboxylic acids is 3. The largest absolute Gasteiger partial charge is 0.475 e. The molecule has 35 heavy (non-hydrogen) atoms. The number of carbonyl (C=O) groups is 3. The first-order chi connectivity index (χ1) is 16.3. The van der Waals surface area contributed by atoms with Crippen LogP contribution < -0.4 is 16.0 Å². The van der Waals surface area contributed by atoms with Crippen molar-refractivity contribution in [1.29, 1.82) is 0 Å². The molecule has 0 aliphatic heterocycles.